The highest BCUT2D eigenvalue weighted by Crippen LogP contribution is 2.26. The molecule has 13 heavy (non-hydrogen) atoms. The van der Waals surface area contributed by atoms with Gasteiger partial charge in [-0.3, -0.25) is 9.78 Å². The van der Waals surface area contributed by atoms with E-state index in [0.29, 0.717) is 11.8 Å². The van der Waals surface area contributed by atoms with Gasteiger partial charge in [-0.2, -0.15) is 0 Å². The Kier molecular flexibility index (Phi) is 2.93. The highest BCUT2D eigenvalue weighted by Gasteiger charge is 2.17. The van der Waals surface area contributed by atoms with Crippen molar-refractivity contribution in [2.45, 2.75) is 13.3 Å². The Balaban J connectivity index is 3.38. The van der Waals surface area contributed by atoms with Crippen molar-refractivity contribution in [3.05, 3.63) is 28.0 Å². The number of pyridine rings is 1. The van der Waals surface area contributed by atoms with E-state index >= 15 is 0 Å². The Morgan fingerprint density at radius 2 is 2.23 bits per heavy atom. The molecule has 1 heterocycles. The average molecular weight is 206 g/mol. The summed E-state index contributed by atoms with van der Waals surface area (Å²) in [6, 6.07) is 0. The lowest BCUT2D eigenvalue weighted by Gasteiger charge is -2.05. The van der Waals surface area contributed by atoms with Gasteiger partial charge in [0.1, 0.15) is 5.69 Å². The number of aldehydes is 1. The molecule has 0 aliphatic rings. The second-order valence-corrected chi connectivity index (χ2v) is 2.85. The van der Waals surface area contributed by atoms with Crippen LogP contribution in [0.5, 0.6) is 0 Å². The second-order valence-electron chi connectivity index (χ2n) is 2.47. The average Bonchev–Trinajstić information content (AvgIpc) is 2.09. The van der Waals surface area contributed by atoms with E-state index in [0.717, 1.165) is 0 Å². The zero-order chi connectivity index (χ0) is 10.0. The fourth-order valence-electron chi connectivity index (χ4n) is 0.903. The standard InChI is InChI=1S/C8H6ClF2NO/c1-4-2-12-7(8(10)11)5(3-13)6(4)9/h2-3,8H,1H3. The molecule has 1 aromatic heterocycles. The summed E-state index contributed by atoms with van der Waals surface area (Å²) in [5, 5.41) is 0.0419. The molecule has 0 radical (unpaired) electrons. The Morgan fingerprint density at radius 3 is 2.69 bits per heavy atom. The Hall–Kier alpha value is -1.03. The number of carbonyl (C=O) groups excluding carboxylic acids is 1. The molecule has 0 aliphatic heterocycles. The molecule has 0 atom stereocenters. The normalized spacial score (nSPS) is 10.5. The lowest BCUT2D eigenvalue weighted by atomic mass is 10.1. The maximum Gasteiger partial charge on any atom is 0.281 e. The molecular formula is C8H6ClF2NO. The molecule has 5 heteroatoms. The number of nitrogens with zero attached hydrogens (tertiary/aromatic N) is 1. The lowest BCUT2D eigenvalue weighted by molar-refractivity contribution is 0.110. The zero-order valence-corrected chi connectivity index (χ0v) is 7.48. The van der Waals surface area contributed by atoms with Crippen LogP contribution in [0.3, 0.4) is 0 Å². The first-order valence-electron chi connectivity index (χ1n) is 3.46. The summed E-state index contributed by atoms with van der Waals surface area (Å²) in [6.45, 7) is 1.59. The smallest absolute Gasteiger partial charge is 0.281 e. The minimum Gasteiger partial charge on any atom is -0.298 e. The third-order valence-corrected chi connectivity index (χ3v) is 2.08. The number of hydrogen-bond acceptors (Lipinski definition) is 2. The van der Waals surface area contributed by atoms with E-state index < -0.39 is 12.1 Å². The van der Waals surface area contributed by atoms with Gasteiger partial charge in [-0.15, -0.1) is 0 Å². The van der Waals surface area contributed by atoms with Gasteiger partial charge in [0.15, 0.2) is 6.29 Å². The molecule has 0 N–H and O–H groups in total. The van der Waals surface area contributed by atoms with Crippen molar-refractivity contribution < 1.29 is 13.6 Å². The largest absolute Gasteiger partial charge is 0.298 e. The predicted molar refractivity (Wildman–Crippen MR) is 44.3 cm³/mol. The summed E-state index contributed by atoms with van der Waals surface area (Å²) in [7, 11) is 0. The molecule has 0 saturated carbocycles. The van der Waals surface area contributed by atoms with Crippen LogP contribution < -0.4 is 0 Å². The Labute approximate surface area is 78.5 Å². The van der Waals surface area contributed by atoms with E-state index in [9.17, 15) is 13.6 Å². The molecule has 0 fully saturated rings. The first-order chi connectivity index (χ1) is 6.07. The predicted octanol–water partition coefficient (Wildman–Crippen LogP) is 2.79. The van der Waals surface area contributed by atoms with Crippen LogP contribution in [0, 0.1) is 6.92 Å². The van der Waals surface area contributed by atoms with Crippen molar-refractivity contribution in [3.63, 3.8) is 0 Å². The maximum atomic E-state index is 12.2. The van der Waals surface area contributed by atoms with E-state index in [-0.39, 0.29) is 10.6 Å². The quantitative estimate of drug-likeness (QED) is 0.695. The van der Waals surface area contributed by atoms with Crippen LogP contribution in [0.15, 0.2) is 6.20 Å². The highest BCUT2D eigenvalue weighted by atomic mass is 35.5. The molecule has 0 amide bonds. The van der Waals surface area contributed by atoms with Crippen molar-refractivity contribution in [1.82, 2.24) is 4.98 Å². The molecular weight excluding hydrogens is 200 g/mol. The molecule has 0 bridgehead atoms. The van der Waals surface area contributed by atoms with Gasteiger partial charge >= 0.3 is 0 Å². The summed E-state index contributed by atoms with van der Waals surface area (Å²) in [6.07, 6.45) is -1.26. The van der Waals surface area contributed by atoms with Gasteiger partial charge < -0.3 is 0 Å². The monoisotopic (exact) mass is 205 g/mol. The third-order valence-electron chi connectivity index (χ3n) is 1.58. The molecule has 0 aliphatic carbocycles. The van der Waals surface area contributed by atoms with E-state index in [2.05, 4.69) is 4.98 Å². The number of hydrogen-bond donors (Lipinski definition) is 0. The summed E-state index contributed by atoms with van der Waals surface area (Å²) in [4.78, 5) is 13.9. The van der Waals surface area contributed by atoms with Crippen LogP contribution in [0.2, 0.25) is 5.02 Å². The zero-order valence-electron chi connectivity index (χ0n) is 6.72. The first kappa shape index (κ1) is 10.1. The van der Waals surface area contributed by atoms with Crippen molar-refractivity contribution >= 4 is 17.9 Å². The summed E-state index contributed by atoms with van der Waals surface area (Å²) < 4.78 is 24.5. The minimum atomic E-state index is -2.78. The van der Waals surface area contributed by atoms with Gasteiger partial charge in [0.2, 0.25) is 0 Å². The summed E-state index contributed by atoms with van der Waals surface area (Å²) in [5.41, 5.74) is -0.282. The minimum absolute atomic E-state index is 0.0419. The van der Waals surface area contributed by atoms with Crippen molar-refractivity contribution in [3.8, 4) is 0 Å². The Morgan fingerprint density at radius 1 is 1.62 bits per heavy atom. The van der Waals surface area contributed by atoms with Crippen LogP contribution in [0.4, 0.5) is 8.78 Å². The number of alkyl halides is 2. The van der Waals surface area contributed by atoms with Crippen LogP contribution in [0.1, 0.15) is 28.0 Å². The van der Waals surface area contributed by atoms with Crippen LogP contribution in [-0.4, -0.2) is 11.3 Å². The third kappa shape index (κ3) is 1.83. The topological polar surface area (TPSA) is 30.0 Å². The highest BCUT2D eigenvalue weighted by molar-refractivity contribution is 6.33. The van der Waals surface area contributed by atoms with Gasteiger partial charge in [-0.05, 0) is 12.5 Å². The van der Waals surface area contributed by atoms with Gasteiger partial charge in [0.05, 0.1) is 10.6 Å². The molecule has 70 valence electrons. The van der Waals surface area contributed by atoms with E-state index in [4.69, 9.17) is 11.6 Å². The molecule has 1 rings (SSSR count). The van der Waals surface area contributed by atoms with Crippen molar-refractivity contribution in [2.75, 3.05) is 0 Å². The fraction of sp³-hybridized carbons (Fsp3) is 0.250. The van der Waals surface area contributed by atoms with Gasteiger partial charge in [-0.1, -0.05) is 11.6 Å². The molecule has 0 aromatic carbocycles. The van der Waals surface area contributed by atoms with Gasteiger partial charge in [0.25, 0.3) is 6.43 Å². The number of aryl methyl sites for hydroxylation is 1. The Bertz CT molecular complexity index is 341. The fourth-order valence-corrected chi connectivity index (χ4v) is 1.09. The first-order valence-corrected chi connectivity index (χ1v) is 3.84. The maximum absolute atomic E-state index is 12.2. The van der Waals surface area contributed by atoms with E-state index in [1.807, 2.05) is 0 Å². The molecule has 2 nitrogen and oxygen atoms in total. The SMILES string of the molecule is Cc1cnc(C(F)F)c(C=O)c1Cl. The number of halogens is 3. The van der Waals surface area contributed by atoms with Crippen LogP contribution in [-0.2, 0) is 0 Å². The summed E-state index contributed by atoms with van der Waals surface area (Å²) >= 11 is 5.64. The molecule has 0 spiro atoms. The number of aromatic nitrogens is 1. The van der Waals surface area contributed by atoms with Gasteiger partial charge in [-0.25, -0.2) is 8.78 Å². The van der Waals surface area contributed by atoms with E-state index in [1.54, 1.807) is 6.92 Å². The molecule has 0 saturated heterocycles. The van der Waals surface area contributed by atoms with Crippen LogP contribution >= 0.6 is 11.6 Å². The van der Waals surface area contributed by atoms with E-state index in [1.165, 1.54) is 6.20 Å². The van der Waals surface area contributed by atoms with Crippen molar-refractivity contribution in [2.24, 2.45) is 0 Å². The summed E-state index contributed by atoms with van der Waals surface area (Å²) in [5.74, 6) is 0. The van der Waals surface area contributed by atoms with Gasteiger partial charge in [0, 0.05) is 6.20 Å². The van der Waals surface area contributed by atoms with Crippen LogP contribution in [0.25, 0.3) is 0 Å². The number of rotatable bonds is 2. The second kappa shape index (κ2) is 3.79. The lowest BCUT2D eigenvalue weighted by Crippen LogP contribution is -1.99. The molecule has 0 unspecified atom stereocenters. The van der Waals surface area contributed by atoms with Crippen molar-refractivity contribution in [1.29, 1.82) is 0 Å². The number of carbonyl (C=O) groups is 1. The molecule has 1 aromatic rings.